The van der Waals surface area contributed by atoms with Crippen LogP contribution in [-0.4, -0.2) is 34.7 Å². The van der Waals surface area contributed by atoms with Crippen LogP contribution in [0.5, 0.6) is 0 Å². The van der Waals surface area contributed by atoms with E-state index in [9.17, 15) is 14.0 Å². The first-order valence-corrected chi connectivity index (χ1v) is 5.36. The lowest BCUT2D eigenvalue weighted by atomic mass is 10.2. The van der Waals surface area contributed by atoms with Crippen LogP contribution in [0.3, 0.4) is 0 Å². The molecule has 5 nitrogen and oxygen atoms in total. The summed E-state index contributed by atoms with van der Waals surface area (Å²) in [5, 5.41) is 19.5. The molecule has 0 saturated heterocycles. The fourth-order valence-electron chi connectivity index (χ4n) is 1.08. The predicted molar refractivity (Wildman–Crippen MR) is 60.1 cm³/mol. The fourth-order valence-corrected chi connectivity index (χ4v) is 1.60. The standard InChI is InChI=1S/C10H9BrFNO4/c11-5-2-1-3-6(12)8(5)9(15)13-4-7(14)10(16)17/h1-3,7,14H,4H2,(H,13,15)(H,16,17)/t7-/m0/s1. The molecule has 17 heavy (non-hydrogen) atoms. The Kier molecular flexibility index (Phi) is 4.59. The van der Waals surface area contributed by atoms with Gasteiger partial charge in [0.05, 0.1) is 12.1 Å². The maximum absolute atomic E-state index is 13.3. The SMILES string of the molecule is O=C(NC[C@H](O)C(=O)O)c1c(F)cccc1Br. The molecule has 0 aromatic heterocycles. The number of benzene rings is 1. The fraction of sp³-hybridized carbons (Fsp3) is 0.200. The van der Waals surface area contributed by atoms with Crippen LogP contribution in [-0.2, 0) is 4.79 Å². The van der Waals surface area contributed by atoms with E-state index in [1.54, 1.807) is 0 Å². The van der Waals surface area contributed by atoms with E-state index >= 15 is 0 Å². The molecular weight excluding hydrogens is 297 g/mol. The zero-order chi connectivity index (χ0) is 13.0. The van der Waals surface area contributed by atoms with Gasteiger partial charge in [-0.1, -0.05) is 6.07 Å². The van der Waals surface area contributed by atoms with E-state index in [4.69, 9.17) is 10.2 Å². The molecule has 1 rings (SSSR count). The Morgan fingerprint density at radius 1 is 1.47 bits per heavy atom. The van der Waals surface area contributed by atoms with Crippen molar-refractivity contribution in [3.8, 4) is 0 Å². The number of carboxylic acids is 1. The minimum absolute atomic E-state index is 0.231. The van der Waals surface area contributed by atoms with Gasteiger partial charge in [-0.2, -0.15) is 0 Å². The molecule has 0 fully saturated rings. The van der Waals surface area contributed by atoms with E-state index < -0.39 is 30.3 Å². The Bertz CT molecular complexity index is 432. The van der Waals surface area contributed by atoms with Gasteiger partial charge in [0.1, 0.15) is 5.82 Å². The third-order valence-corrected chi connectivity index (χ3v) is 2.59. The average molecular weight is 306 g/mol. The smallest absolute Gasteiger partial charge is 0.334 e. The zero-order valence-corrected chi connectivity index (χ0v) is 10.1. The van der Waals surface area contributed by atoms with Crippen LogP contribution in [0, 0.1) is 5.82 Å². The average Bonchev–Trinajstić information content (AvgIpc) is 2.25. The van der Waals surface area contributed by atoms with Crippen LogP contribution >= 0.6 is 15.9 Å². The molecule has 0 aliphatic carbocycles. The number of carbonyl (C=O) groups excluding carboxylic acids is 1. The summed E-state index contributed by atoms with van der Waals surface area (Å²) < 4.78 is 13.6. The summed E-state index contributed by atoms with van der Waals surface area (Å²) in [6.07, 6.45) is -1.72. The van der Waals surface area contributed by atoms with Crippen molar-refractivity contribution in [2.45, 2.75) is 6.10 Å². The lowest BCUT2D eigenvalue weighted by Gasteiger charge is -2.09. The second-order valence-corrected chi connectivity index (χ2v) is 4.02. The van der Waals surface area contributed by atoms with Crippen LogP contribution in [0.15, 0.2) is 22.7 Å². The van der Waals surface area contributed by atoms with E-state index in [1.165, 1.54) is 12.1 Å². The Morgan fingerprint density at radius 3 is 2.65 bits per heavy atom. The van der Waals surface area contributed by atoms with Gasteiger partial charge < -0.3 is 15.5 Å². The van der Waals surface area contributed by atoms with Crippen molar-refractivity contribution in [2.75, 3.05) is 6.54 Å². The quantitative estimate of drug-likeness (QED) is 0.766. The van der Waals surface area contributed by atoms with E-state index in [0.29, 0.717) is 0 Å². The van der Waals surface area contributed by atoms with Crippen molar-refractivity contribution >= 4 is 27.8 Å². The number of hydrogen-bond donors (Lipinski definition) is 3. The summed E-state index contributed by atoms with van der Waals surface area (Å²) in [6, 6.07) is 4.00. The highest BCUT2D eigenvalue weighted by molar-refractivity contribution is 9.10. The molecule has 0 saturated carbocycles. The second kappa shape index (κ2) is 5.74. The summed E-state index contributed by atoms with van der Waals surface area (Å²) in [4.78, 5) is 21.8. The molecule has 0 aliphatic heterocycles. The number of nitrogens with one attached hydrogen (secondary N) is 1. The van der Waals surface area contributed by atoms with Crippen molar-refractivity contribution < 1.29 is 24.2 Å². The number of carboxylic acid groups (broad SMARTS) is 1. The molecule has 0 bridgehead atoms. The molecule has 1 atom stereocenters. The molecule has 1 aromatic carbocycles. The Labute approximate surface area is 104 Å². The lowest BCUT2D eigenvalue weighted by molar-refractivity contribution is -0.146. The predicted octanol–water partition coefficient (Wildman–Crippen LogP) is 0.763. The maximum Gasteiger partial charge on any atom is 0.334 e. The summed E-state index contributed by atoms with van der Waals surface area (Å²) in [5.41, 5.74) is -0.231. The molecule has 0 aliphatic rings. The molecule has 7 heteroatoms. The number of amides is 1. The van der Waals surface area contributed by atoms with Gasteiger partial charge >= 0.3 is 5.97 Å². The molecule has 92 valence electrons. The van der Waals surface area contributed by atoms with Crippen LogP contribution in [0.1, 0.15) is 10.4 Å². The highest BCUT2D eigenvalue weighted by atomic mass is 79.9. The van der Waals surface area contributed by atoms with Gasteiger partial charge in [-0.3, -0.25) is 4.79 Å². The molecule has 1 amide bonds. The normalized spacial score (nSPS) is 11.9. The number of aliphatic carboxylic acids is 1. The van der Waals surface area contributed by atoms with E-state index in [0.717, 1.165) is 6.07 Å². The van der Waals surface area contributed by atoms with Crippen molar-refractivity contribution in [3.63, 3.8) is 0 Å². The number of aliphatic hydroxyl groups excluding tert-OH is 1. The third-order valence-electron chi connectivity index (χ3n) is 1.93. The number of halogens is 2. The molecule has 0 radical (unpaired) electrons. The minimum Gasteiger partial charge on any atom is -0.479 e. The van der Waals surface area contributed by atoms with Gasteiger partial charge in [0.15, 0.2) is 6.10 Å². The first-order chi connectivity index (χ1) is 7.93. The van der Waals surface area contributed by atoms with Crippen LogP contribution in [0.4, 0.5) is 4.39 Å². The Morgan fingerprint density at radius 2 is 2.12 bits per heavy atom. The van der Waals surface area contributed by atoms with Crippen LogP contribution in [0.25, 0.3) is 0 Å². The van der Waals surface area contributed by atoms with Gasteiger partial charge in [0, 0.05) is 4.47 Å². The van der Waals surface area contributed by atoms with E-state index in [2.05, 4.69) is 21.2 Å². The maximum atomic E-state index is 13.3. The van der Waals surface area contributed by atoms with Gasteiger partial charge in [0.2, 0.25) is 0 Å². The Hall–Kier alpha value is -1.47. The van der Waals surface area contributed by atoms with E-state index in [1.807, 2.05) is 0 Å². The van der Waals surface area contributed by atoms with Crippen LogP contribution < -0.4 is 5.32 Å². The van der Waals surface area contributed by atoms with Gasteiger partial charge in [-0.25, -0.2) is 9.18 Å². The molecule has 0 heterocycles. The lowest BCUT2D eigenvalue weighted by Crippen LogP contribution is -2.36. The summed E-state index contributed by atoms with van der Waals surface area (Å²) in [5.74, 6) is -2.99. The Balaban J connectivity index is 2.74. The monoisotopic (exact) mass is 305 g/mol. The van der Waals surface area contributed by atoms with Crippen molar-refractivity contribution in [1.82, 2.24) is 5.32 Å². The number of carbonyl (C=O) groups is 2. The third kappa shape index (κ3) is 3.50. The van der Waals surface area contributed by atoms with Crippen molar-refractivity contribution in [1.29, 1.82) is 0 Å². The summed E-state index contributed by atoms with van der Waals surface area (Å²) in [6.45, 7) is -0.491. The van der Waals surface area contributed by atoms with Gasteiger partial charge in [0.25, 0.3) is 5.91 Å². The van der Waals surface area contributed by atoms with Crippen molar-refractivity contribution in [3.05, 3.63) is 34.1 Å². The molecule has 3 N–H and O–H groups in total. The number of rotatable bonds is 4. The molecule has 1 aromatic rings. The van der Waals surface area contributed by atoms with Crippen molar-refractivity contribution in [2.24, 2.45) is 0 Å². The highest BCUT2D eigenvalue weighted by Gasteiger charge is 2.18. The number of aliphatic hydroxyl groups is 1. The first-order valence-electron chi connectivity index (χ1n) is 4.56. The number of hydrogen-bond acceptors (Lipinski definition) is 3. The topological polar surface area (TPSA) is 86.6 Å². The summed E-state index contributed by atoms with van der Waals surface area (Å²) >= 11 is 3.00. The molecule has 0 unspecified atom stereocenters. The molecular formula is C10H9BrFNO4. The van der Waals surface area contributed by atoms with Gasteiger partial charge in [-0.15, -0.1) is 0 Å². The second-order valence-electron chi connectivity index (χ2n) is 3.16. The van der Waals surface area contributed by atoms with E-state index in [-0.39, 0.29) is 10.0 Å². The largest absolute Gasteiger partial charge is 0.479 e. The molecule has 0 spiro atoms. The summed E-state index contributed by atoms with van der Waals surface area (Å²) in [7, 11) is 0. The zero-order valence-electron chi connectivity index (χ0n) is 8.48. The minimum atomic E-state index is -1.72. The highest BCUT2D eigenvalue weighted by Crippen LogP contribution is 2.19. The van der Waals surface area contributed by atoms with Gasteiger partial charge in [-0.05, 0) is 28.1 Å². The first kappa shape index (κ1) is 13.6. The van der Waals surface area contributed by atoms with Crippen LogP contribution in [0.2, 0.25) is 0 Å².